The number of hydrogen-bond donors (Lipinski definition) is 0. The Kier molecular flexibility index (Phi) is 7.36. The molecule has 0 bridgehead atoms. The van der Waals surface area contributed by atoms with Gasteiger partial charge in [0.2, 0.25) is 0 Å². The molecule has 0 spiro atoms. The Bertz CT molecular complexity index is 516. The van der Waals surface area contributed by atoms with Gasteiger partial charge in [-0.15, -0.1) is 0 Å². The van der Waals surface area contributed by atoms with Gasteiger partial charge in [0.1, 0.15) is 5.76 Å². The van der Waals surface area contributed by atoms with Crippen molar-refractivity contribution >= 4 is 17.7 Å². The Morgan fingerprint density at radius 3 is 2.55 bits per heavy atom. The second-order valence-corrected chi connectivity index (χ2v) is 4.93. The highest BCUT2D eigenvalue weighted by atomic mass is 16.5. The summed E-state index contributed by atoms with van der Waals surface area (Å²) < 4.78 is 15.0. The minimum Gasteiger partial charge on any atom is -0.466 e. The fraction of sp³-hybridized carbons (Fsp3) is 0.562. The Morgan fingerprint density at radius 2 is 1.91 bits per heavy atom. The summed E-state index contributed by atoms with van der Waals surface area (Å²) >= 11 is 0. The van der Waals surface area contributed by atoms with E-state index in [2.05, 4.69) is 4.74 Å². The third-order valence-electron chi connectivity index (χ3n) is 3.03. The highest BCUT2D eigenvalue weighted by molar-refractivity contribution is 6.39. The van der Waals surface area contributed by atoms with Gasteiger partial charge in [0.25, 0.3) is 0 Å². The quantitative estimate of drug-likeness (QED) is 0.302. The van der Waals surface area contributed by atoms with Crippen molar-refractivity contribution in [3.63, 3.8) is 0 Å². The molecule has 22 heavy (non-hydrogen) atoms. The summed E-state index contributed by atoms with van der Waals surface area (Å²) in [6.45, 7) is 5.95. The molecule has 1 rings (SSSR count). The van der Waals surface area contributed by atoms with Crippen LogP contribution in [-0.4, -0.2) is 30.9 Å². The number of carbonyl (C=O) groups is 3. The largest absolute Gasteiger partial charge is 0.466 e. The molecule has 0 aliphatic heterocycles. The number of rotatable bonds is 9. The van der Waals surface area contributed by atoms with E-state index >= 15 is 0 Å². The molecule has 0 amide bonds. The van der Waals surface area contributed by atoms with Crippen LogP contribution in [0.1, 0.15) is 62.3 Å². The average molecular weight is 310 g/mol. The van der Waals surface area contributed by atoms with Gasteiger partial charge < -0.3 is 13.9 Å². The van der Waals surface area contributed by atoms with Crippen LogP contribution >= 0.6 is 0 Å². The van der Waals surface area contributed by atoms with E-state index in [9.17, 15) is 14.4 Å². The minimum absolute atomic E-state index is 0.0837. The molecular formula is C16H22O6. The number of esters is 2. The van der Waals surface area contributed by atoms with Crippen LogP contribution in [0.3, 0.4) is 0 Å². The van der Waals surface area contributed by atoms with Crippen LogP contribution in [0, 0.1) is 0 Å². The summed E-state index contributed by atoms with van der Waals surface area (Å²) in [6, 6.07) is 2.99. The molecule has 1 unspecified atom stereocenters. The van der Waals surface area contributed by atoms with E-state index in [0.29, 0.717) is 12.4 Å². The third kappa shape index (κ3) is 5.35. The molecule has 1 aromatic heterocycles. The topological polar surface area (TPSA) is 82.8 Å². The third-order valence-corrected chi connectivity index (χ3v) is 3.03. The van der Waals surface area contributed by atoms with Crippen LogP contribution in [0.15, 0.2) is 16.5 Å². The lowest BCUT2D eigenvalue weighted by atomic mass is 10.1. The van der Waals surface area contributed by atoms with Crippen molar-refractivity contribution in [3.05, 3.63) is 23.7 Å². The molecule has 6 heteroatoms. The zero-order valence-corrected chi connectivity index (χ0v) is 13.2. The van der Waals surface area contributed by atoms with Gasteiger partial charge >= 0.3 is 17.7 Å². The predicted octanol–water partition coefficient (Wildman–Crippen LogP) is 2.86. The molecule has 0 N–H and O–H groups in total. The molecule has 0 saturated heterocycles. The molecule has 6 nitrogen and oxygen atoms in total. The second-order valence-electron chi connectivity index (χ2n) is 4.93. The lowest BCUT2D eigenvalue weighted by molar-refractivity contribution is -0.144. The molecule has 0 saturated carbocycles. The highest BCUT2D eigenvalue weighted by Gasteiger charge is 2.23. The average Bonchev–Trinajstić information content (AvgIpc) is 2.96. The fourth-order valence-corrected chi connectivity index (χ4v) is 1.78. The van der Waals surface area contributed by atoms with Gasteiger partial charge in [0.15, 0.2) is 5.76 Å². The number of Topliss-reactive ketones (excluding diaryl/α,β-unsaturated/α-hetero) is 1. The Balaban J connectivity index is 2.57. The molecule has 0 aromatic carbocycles. The van der Waals surface area contributed by atoms with Gasteiger partial charge in [0, 0.05) is 5.92 Å². The van der Waals surface area contributed by atoms with Gasteiger partial charge in [-0.3, -0.25) is 9.59 Å². The van der Waals surface area contributed by atoms with Crippen LogP contribution in [0.2, 0.25) is 0 Å². The Hall–Kier alpha value is -2.11. The molecule has 0 aliphatic rings. The monoisotopic (exact) mass is 310 g/mol. The first-order valence-corrected chi connectivity index (χ1v) is 7.46. The van der Waals surface area contributed by atoms with Gasteiger partial charge in [-0.2, -0.15) is 0 Å². The number of unbranched alkanes of at least 4 members (excludes halogenated alkanes) is 1. The first-order chi connectivity index (χ1) is 10.5. The van der Waals surface area contributed by atoms with E-state index in [4.69, 9.17) is 9.15 Å². The molecule has 0 fully saturated rings. The van der Waals surface area contributed by atoms with Crippen LogP contribution in [0.5, 0.6) is 0 Å². The van der Waals surface area contributed by atoms with Crippen molar-refractivity contribution in [1.29, 1.82) is 0 Å². The predicted molar refractivity (Wildman–Crippen MR) is 78.6 cm³/mol. The van der Waals surface area contributed by atoms with Gasteiger partial charge in [-0.1, -0.05) is 20.3 Å². The van der Waals surface area contributed by atoms with Crippen LogP contribution in [0.4, 0.5) is 0 Å². The van der Waals surface area contributed by atoms with Crippen molar-refractivity contribution in [1.82, 2.24) is 0 Å². The van der Waals surface area contributed by atoms with Crippen molar-refractivity contribution < 1.29 is 28.3 Å². The molecule has 122 valence electrons. The summed E-state index contributed by atoms with van der Waals surface area (Å²) in [6.07, 6.45) is 1.95. The molecule has 1 atom stereocenters. The smallest absolute Gasteiger partial charge is 0.383 e. The molecule has 1 aromatic rings. The van der Waals surface area contributed by atoms with Gasteiger partial charge in [-0.25, -0.2) is 4.79 Å². The molecular weight excluding hydrogens is 288 g/mol. The Morgan fingerprint density at radius 1 is 1.18 bits per heavy atom. The maximum atomic E-state index is 11.7. The number of ketones is 1. The molecule has 0 radical (unpaired) electrons. The number of furan rings is 1. The second kappa shape index (κ2) is 9.02. The zero-order valence-electron chi connectivity index (χ0n) is 13.2. The lowest BCUT2D eigenvalue weighted by Crippen LogP contribution is -2.16. The standard InChI is InChI=1S/C16H22O6/c1-4-6-9-21-14(17)10-11(3)12-7-8-13(22-12)15(18)16(19)20-5-2/h7-8,11H,4-6,9-10H2,1-3H3. The van der Waals surface area contributed by atoms with Crippen molar-refractivity contribution in [2.24, 2.45) is 0 Å². The van der Waals surface area contributed by atoms with E-state index in [-0.39, 0.29) is 30.7 Å². The van der Waals surface area contributed by atoms with Gasteiger partial charge in [-0.05, 0) is 25.5 Å². The van der Waals surface area contributed by atoms with E-state index < -0.39 is 11.8 Å². The minimum atomic E-state index is -0.949. The van der Waals surface area contributed by atoms with E-state index in [1.165, 1.54) is 6.07 Å². The number of ether oxygens (including phenoxy) is 2. The van der Waals surface area contributed by atoms with Crippen molar-refractivity contribution in [3.8, 4) is 0 Å². The summed E-state index contributed by atoms with van der Waals surface area (Å²) in [5.74, 6) is -1.95. The SMILES string of the molecule is CCCCOC(=O)CC(C)c1ccc(C(=O)C(=O)OCC)o1. The summed E-state index contributed by atoms with van der Waals surface area (Å²) in [7, 11) is 0. The maximum Gasteiger partial charge on any atom is 0.383 e. The summed E-state index contributed by atoms with van der Waals surface area (Å²) in [5.41, 5.74) is 0. The summed E-state index contributed by atoms with van der Waals surface area (Å²) in [5, 5.41) is 0. The van der Waals surface area contributed by atoms with E-state index in [1.807, 2.05) is 6.92 Å². The first kappa shape index (κ1) is 17.9. The van der Waals surface area contributed by atoms with Gasteiger partial charge in [0.05, 0.1) is 19.6 Å². The first-order valence-electron chi connectivity index (χ1n) is 7.46. The number of hydrogen-bond acceptors (Lipinski definition) is 6. The lowest BCUT2D eigenvalue weighted by Gasteiger charge is -2.08. The van der Waals surface area contributed by atoms with Crippen LogP contribution in [0.25, 0.3) is 0 Å². The maximum absolute atomic E-state index is 11.7. The van der Waals surface area contributed by atoms with Crippen molar-refractivity contribution in [2.45, 2.75) is 46.0 Å². The molecule has 0 aliphatic carbocycles. The molecule has 1 heterocycles. The van der Waals surface area contributed by atoms with E-state index in [0.717, 1.165) is 12.8 Å². The fourth-order valence-electron chi connectivity index (χ4n) is 1.78. The number of carbonyl (C=O) groups excluding carboxylic acids is 3. The van der Waals surface area contributed by atoms with Crippen LogP contribution in [-0.2, 0) is 19.1 Å². The normalized spacial score (nSPS) is 11.8. The van der Waals surface area contributed by atoms with E-state index in [1.54, 1.807) is 19.9 Å². The zero-order chi connectivity index (χ0) is 16.5. The van der Waals surface area contributed by atoms with Crippen molar-refractivity contribution in [2.75, 3.05) is 13.2 Å². The highest BCUT2D eigenvalue weighted by Crippen LogP contribution is 2.22. The Labute approximate surface area is 129 Å². The summed E-state index contributed by atoms with van der Waals surface area (Å²) in [4.78, 5) is 34.7. The van der Waals surface area contributed by atoms with Crippen LogP contribution < -0.4 is 0 Å².